The lowest BCUT2D eigenvalue weighted by Crippen LogP contribution is -2.50. The van der Waals surface area contributed by atoms with Crippen LogP contribution in [-0.4, -0.2) is 60.0 Å². The summed E-state index contributed by atoms with van der Waals surface area (Å²) in [6.07, 6.45) is 4.81. The number of H-pyrrole nitrogens is 1. The quantitative estimate of drug-likeness (QED) is 0.879. The maximum atomic E-state index is 12.5. The topological polar surface area (TPSA) is 74.4 Å². The van der Waals surface area contributed by atoms with Crippen LogP contribution in [0, 0.1) is 6.92 Å². The predicted octanol–water partition coefficient (Wildman–Crippen LogP) is 1.44. The van der Waals surface area contributed by atoms with Crippen molar-refractivity contribution in [2.75, 3.05) is 26.2 Å². The van der Waals surface area contributed by atoms with Gasteiger partial charge in [0.25, 0.3) is 5.91 Å². The van der Waals surface area contributed by atoms with Gasteiger partial charge in [0.15, 0.2) is 5.78 Å². The highest BCUT2D eigenvalue weighted by atomic mass is 16.5. The lowest BCUT2D eigenvalue weighted by atomic mass is 9.94. The van der Waals surface area contributed by atoms with Crippen molar-refractivity contribution < 1.29 is 14.3 Å². The fourth-order valence-electron chi connectivity index (χ4n) is 4.31. The summed E-state index contributed by atoms with van der Waals surface area (Å²) >= 11 is 0. The van der Waals surface area contributed by atoms with Crippen molar-refractivity contribution >= 4 is 11.7 Å². The molecule has 0 saturated carbocycles. The maximum absolute atomic E-state index is 12.5. The van der Waals surface area contributed by atoms with Crippen molar-refractivity contribution in [1.29, 1.82) is 0 Å². The number of aromatic nitrogens is 1. The molecule has 2 fully saturated rings. The third-order valence-electron chi connectivity index (χ3n) is 5.62. The number of nitrogens with zero attached hydrogens (tertiary/aromatic N) is 1. The van der Waals surface area contributed by atoms with Gasteiger partial charge in [-0.3, -0.25) is 14.5 Å². The molecule has 2 N–H and O–H groups in total. The highest BCUT2D eigenvalue weighted by Crippen LogP contribution is 2.26. The number of Topliss-reactive ketones (excluding diaryl/α,β-unsaturated/α-hetero) is 1. The number of aromatic amines is 1. The predicted molar refractivity (Wildman–Crippen MR) is 89.5 cm³/mol. The second kappa shape index (κ2) is 6.33. The Bertz CT molecular complexity index is 667. The number of rotatable bonds is 3. The minimum absolute atomic E-state index is 0.0508. The van der Waals surface area contributed by atoms with Crippen molar-refractivity contribution in [2.45, 2.75) is 51.2 Å². The van der Waals surface area contributed by atoms with E-state index in [1.54, 1.807) is 0 Å². The first-order valence-electron chi connectivity index (χ1n) is 9.02. The molecule has 1 aromatic rings. The van der Waals surface area contributed by atoms with Gasteiger partial charge in [0, 0.05) is 36.8 Å². The number of fused-ring (bicyclic) bond motifs is 2. The lowest BCUT2D eigenvalue weighted by Gasteiger charge is -2.35. The summed E-state index contributed by atoms with van der Waals surface area (Å²) < 4.78 is 5.89. The van der Waals surface area contributed by atoms with Crippen LogP contribution >= 0.6 is 0 Å². The Hall–Kier alpha value is -1.66. The molecule has 6 heteroatoms. The normalized spacial score (nSPS) is 27.0. The summed E-state index contributed by atoms with van der Waals surface area (Å²) in [5, 5.41) is 2.98. The molecular weight excluding hydrogens is 306 g/mol. The molecule has 0 unspecified atom stereocenters. The molecule has 2 aliphatic heterocycles. The summed E-state index contributed by atoms with van der Waals surface area (Å²) in [6.45, 7) is 5.18. The van der Waals surface area contributed by atoms with Crippen molar-refractivity contribution in [3.05, 3.63) is 22.5 Å². The highest BCUT2D eigenvalue weighted by Gasteiger charge is 2.32. The van der Waals surface area contributed by atoms with Gasteiger partial charge in [-0.25, -0.2) is 0 Å². The Balaban J connectivity index is 1.39. The van der Waals surface area contributed by atoms with E-state index in [-0.39, 0.29) is 17.8 Å². The monoisotopic (exact) mass is 331 g/mol. The molecular formula is C18H25N3O3. The zero-order chi connectivity index (χ0) is 16.7. The van der Waals surface area contributed by atoms with E-state index in [1.165, 1.54) is 12.8 Å². The molecule has 0 spiro atoms. The minimum Gasteiger partial charge on any atom is -0.373 e. The van der Waals surface area contributed by atoms with Crippen LogP contribution in [0.5, 0.6) is 0 Å². The highest BCUT2D eigenvalue weighted by molar-refractivity contribution is 6.04. The van der Waals surface area contributed by atoms with Gasteiger partial charge < -0.3 is 15.0 Å². The average Bonchev–Trinajstić information content (AvgIpc) is 3.17. The van der Waals surface area contributed by atoms with Gasteiger partial charge in [-0.1, -0.05) is 0 Å². The summed E-state index contributed by atoms with van der Waals surface area (Å²) in [7, 11) is 0. The van der Waals surface area contributed by atoms with Crippen LogP contribution in [0.3, 0.4) is 0 Å². The van der Waals surface area contributed by atoms with E-state index < -0.39 is 0 Å². The number of amides is 1. The molecule has 1 aromatic heterocycles. The zero-order valence-electron chi connectivity index (χ0n) is 14.2. The van der Waals surface area contributed by atoms with E-state index in [9.17, 15) is 9.59 Å². The Morgan fingerprint density at radius 1 is 1.38 bits per heavy atom. The number of ketones is 1. The van der Waals surface area contributed by atoms with Gasteiger partial charge >= 0.3 is 0 Å². The molecule has 4 rings (SSSR count). The fourth-order valence-corrected chi connectivity index (χ4v) is 4.31. The lowest BCUT2D eigenvalue weighted by molar-refractivity contribution is -0.0462. The Labute approximate surface area is 141 Å². The van der Waals surface area contributed by atoms with E-state index in [0.29, 0.717) is 24.7 Å². The van der Waals surface area contributed by atoms with Crippen molar-refractivity contribution in [3.63, 3.8) is 0 Å². The second-order valence-corrected chi connectivity index (χ2v) is 7.21. The first-order chi connectivity index (χ1) is 11.6. The molecule has 0 radical (unpaired) electrons. The standard InChI is InChI=1S/C18H25N3O3/c1-11-16-14(5-2-6-15(16)22)20-17(11)18(23)19-8-13-9-21-7-3-4-12(21)10-24-13/h12-13,20H,2-10H2,1H3,(H,19,23)/t12-,13+/m0/s1. The molecule has 2 atom stereocenters. The Morgan fingerprint density at radius 2 is 2.25 bits per heavy atom. The summed E-state index contributed by atoms with van der Waals surface area (Å²) in [5.74, 6) is 0.0154. The second-order valence-electron chi connectivity index (χ2n) is 7.21. The number of aryl methyl sites for hydroxylation is 1. The van der Waals surface area contributed by atoms with Crippen LogP contribution in [0.25, 0.3) is 0 Å². The van der Waals surface area contributed by atoms with Gasteiger partial charge in [-0.15, -0.1) is 0 Å². The number of hydrogen-bond donors (Lipinski definition) is 2. The molecule has 3 heterocycles. The van der Waals surface area contributed by atoms with E-state index in [4.69, 9.17) is 4.74 Å². The number of carbonyl (C=O) groups excluding carboxylic acids is 2. The van der Waals surface area contributed by atoms with Crippen molar-refractivity contribution in [3.8, 4) is 0 Å². The van der Waals surface area contributed by atoms with E-state index >= 15 is 0 Å². The first kappa shape index (κ1) is 15.8. The molecule has 1 amide bonds. The molecule has 1 aliphatic carbocycles. The molecule has 0 bridgehead atoms. The van der Waals surface area contributed by atoms with E-state index in [1.807, 2.05) is 6.92 Å². The molecule has 6 nitrogen and oxygen atoms in total. The van der Waals surface area contributed by atoms with Gasteiger partial charge in [0.05, 0.1) is 12.7 Å². The number of nitrogens with one attached hydrogen (secondary N) is 2. The molecule has 24 heavy (non-hydrogen) atoms. The van der Waals surface area contributed by atoms with Crippen LogP contribution in [0.2, 0.25) is 0 Å². The summed E-state index contributed by atoms with van der Waals surface area (Å²) in [4.78, 5) is 30.3. The average molecular weight is 331 g/mol. The third kappa shape index (κ3) is 2.78. The Kier molecular flexibility index (Phi) is 4.18. The SMILES string of the molecule is Cc1c(C(=O)NC[C@@H]2CN3CCC[C@H]3CO2)[nH]c2c1C(=O)CCC2. The van der Waals surface area contributed by atoms with Crippen LogP contribution < -0.4 is 5.32 Å². The van der Waals surface area contributed by atoms with Crippen LogP contribution in [0.4, 0.5) is 0 Å². The number of hydrogen-bond acceptors (Lipinski definition) is 4. The number of carbonyl (C=O) groups is 2. The maximum Gasteiger partial charge on any atom is 0.268 e. The van der Waals surface area contributed by atoms with Crippen LogP contribution in [-0.2, 0) is 11.2 Å². The summed E-state index contributed by atoms with van der Waals surface area (Å²) in [5.41, 5.74) is 2.98. The largest absolute Gasteiger partial charge is 0.373 e. The van der Waals surface area contributed by atoms with Crippen molar-refractivity contribution in [1.82, 2.24) is 15.2 Å². The molecule has 0 aromatic carbocycles. The molecule has 130 valence electrons. The van der Waals surface area contributed by atoms with Gasteiger partial charge in [-0.2, -0.15) is 0 Å². The van der Waals surface area contributed by atoms with Crippen LogP contribution in [0.15, 0.2) is 0 Å². The molecule has 3 aliphatic rings. The van der Waals surface area contributed by atoms with E-state index in [0.717, 1.165) is 49.4 Å². The Morgan fingerprint density at radius 3 is 3.08 bits per heavy atom. The zero-order valence-corrected chi connectivity index (χ0v) is 14.2. The minimum atomic E-state index is -0.137. The molecule has 2 saturated heterocycles. The smallest absolute Gasteiger partial charge is 0.268 e. The number of ether oxygens (including phenoxy) is 1. The van der Waals surface area contributed by atoms with E-state index in [2.05, 4.69) is 15.2 Å². The number of morpholine rings is 1. The van der Waals surface area contributed by atoms with Crippen LogP contribution in [0.1, 0.15) is 57.8 Å². The van der Waals surface area contributed by atoms with Gasteiger partial charge in [0.2, 0.25) is 0 Å². The fraction of sp³-hybridized carbons (Fsp3) is 0.667. The van der Waals surface area contributed by atoms with Crippen molar-refractivity contribution in [2.24, 2.45) is 0 Å². The first-order valence-corrected chi connectivity index (χ1v) is 9.02. The van der Waals surface area contributed by atoms with Gasteiger partial charge in [-0.05, 0) is 44.7 Å². The third-order valence-corrected chi connectivity index (χ3v) is 5.62. The summed E-state index contributed by atoms with van der Waals surface area (Å²) in [6, 6.07) is 0.570. The van der Waals surface area contributed by atoms with Gasteiger partial charge in [0.1, 0.15) is 5.69 Å².